The molecule has 3 nitrogen and oxygen atoms in total. The average molecular weight is 261 g/mol. The molecule has 0 radical (unpaired) electrons. The number of ketones is 1. The summed E-state index contributed by atoms with van der Waals surface area (Å²) in [6, 6.07) is 9.72. The van der Waals surface area contributed by atoms with Gasteiger partial charge in [0.1, 0.15) is 6.10 Å². The highest BCUT2D eigenvalue weighted by Crippen LogP contribution is 2.17. The quantitative estimate of drug-likeness (QED) is 0.832. The number of carbonyl (C=O) groups is 1. The van der Waals surface area contributed by atoms with Crippen LogP contribution < -0.4 is 5.48 Å². The van der Waals surface area contributed by atoms with Crippen molar-refractivity contribution >= 4 is 11.5 Å². The van der Waals surface area contributed by atoms with E-state index in [9.17, 15) is 4.79 Å². The SMILES string of the molecule is O=C1CCCCCCCCC1ONc1ccccc1. The molecule has 104 valence electrons. The molecule has 0 amide bonds. The van der Waals surface area contributed by atoms with Crippen molar-refractivity contribution in [3.8, 4) is 0 Å². The minimum Gasteiger partial charge on any atom is -0.297 e. The molecule has 1 atom stereocenters. The summed E-state index contributed by atoms with van der Waals surface area (Å²) in [6.07, 6.45) is 8.20. The number of hydrogen-bond donors (Lipinski definition) is 1. The Morgan fingerprint density at radius 1 is 0.947 bits per heavy atom. The number of hydrogen-bond acceptors (Lipinski definition) is 3. The molecule has 1 aromatic carbocycles. The van der Waals surface area contributed by atoms with Crippen LogP contribution in [0.5, 0.6) is 0 Å². The molecular weight excluding hydrogens is 238 g/mol. The number of carbonyl (C=O) groups excluding carboxylic acids is 1. The van der Waals surface area contributed by atoms with Gasteiger partial charge in [0.05, 0.1) is 5.69 Å². The van der Waals surface area contributed by atoms with Crippen molar-refractivity contribution in [2.75, 3.05) is 5.48 Å². The third kappa shape index (κ3) is 5.03. The summed E-state index contributed by atoms with van der Waals surface area (Å²) in [5.74, 6) is 0.241. The second-order valence-electron chi connectivity index (χ2n) is 5.20. The van der Waals surface area contributed by atoms with E-state index in [0.29, 0.717) is 6.42 Å². The van der Waals surface area contributed by atoms with Gasteiger partial charge >= 0.3 is 0 Å². The second-order valence-corrected chi connectivity index (χ2v) is 5.20. The van der Waals surface area contributed by atoms with Crippen molar-refractivity contribution in [1.29, 1.82) is 0 Å². The highest BCUT2D eigenvalue weighted by Gasteiger charge is 2.19. The van der Waals surface area contributed by atoms with Crippen LogP contribution in [0.1, 0.15) is 51.4 Å². The topological polar surface area (TPSA) is 38.3 Å². The largest absolute Gasteiger partial charge is 0.297 e. The Morgan fingerprint density at radius 3 is 2.42 bits per heavy atom. The number of benzene rings is 1. The van der Waals surface area contributed by atoms with Crippen LogP contribution in [0.25, 0.3) is 0 Å². The van der Waals surface area contributed by atoms with Crippen molar-refractivity contribution in [3.05, 3.63) is 30.3 Å². The molecule has 0 saturated heterocycles. The lowest BCUT2D eigenvalue weighted by molar-refractivity contribution is -0.129. The van der Waals surface area contributed by atoms with Crippen molar-refractivity contribution in [2.45, 2.75) is 57.5 Å². The maximum atomic E-state index is 12.1. The minimum atomic E-state index is -0.293. The molecule has 1 aliphatic carbocycles. The van der Waals surface area contributed by atoms with Crippen LogP contribution in [0, 0.1) is 0 Å². The molecule has 1 aliphatic rings. The van der Waals surface area contributed by atoms with E-state index < -0.39 is 0 Å². The van der Waals surface area contributed by atoms with Crippen LogP contribution in [-0.4, -0.2) is 11.9 Å². The van der Waals surface area contributed by atoms with Gasteiger partial charge < -0.3 is 0 Å². The van der Waals surface area contributed by atoms with Gasteiger partial charge in [0.15, 0.2) is 5.78 Å². The molecule has 1 fully saturated rings. The van der Waals surface area contributed by atoms with Crippen molar-refractivity contribution in [2.24, 2.45) is 0 Å². The summed E-state index contributed by atoms with van der Waals surface area (Å²) in [4.78, 5) is 17.7. The van der Waals surface area contributed by atoms with E-state index in [4.69, 9.17) is 4.84 Å². The summed E-state index contributed by atoms with van der Waals surface area (Å²) in [7, 11) is 0. The Bertz CT molecular complexity index is 378. The average Bonchev–Trinajstić information content (AvgIpc) is 2.46. The monoisotopic (exact) mass is 261 g/mol. The zero-order valence-corrected chi connectivity index (χ0v) is 11.4. The molecule has 1 saturated carbocycles. The van der Waals surface area contributed by atoms with E-state index in [1.54, 1.807) is 0 Å². The Hall–Kier alpha value is -1.35. The smallest absolute Gasteiger partial charge is 0.164 e. The summed E-state index contributed by atoms with van der Waals surface area (Å²) in [5, 5.41) is 0. The van der Waals surface area contributed by atoms with Crippen LogP contribution in [0.3, 0.4) is 0 Å². The first kappa shape index (κ1) is 14.1. The van der Waals surface area contributed by atoms with Crippen LogP contribution in [-0.2, 0) is 9.63 Å². The molecule has 2 rings (SSSR count). The minimum absolute atomic E-state index is 0.241. The Kier molecular flexibility index (Phi) is 5.89. The Labute approximate surface area is 115 Å². The van der Waals surface area contributed by atoms with Gasteiger partial charge in [-0.05, 0) is 25.0 Å². The van der Waals surface area contributed by atoms with Gasteiger partial charge in [0, 0.05) is 6.42 Å². The lowest BCUT2D eigenvalue weighted by Crippen LogP contribution is -2.27. The van der Waals surface area contributed by atoms with Gasteiger partial charge in [-0.1, -0.05) is 50.3 Å². The van der Waals surface area contributed by atoms with Crippen LogP contribution >= 0.6 is 0 Å². The number of nitrogens with one attached hydrogen (secondary N) is 1. The van der Waals surface area contributed by atoms with Gasteiger partial charge in [0.2, 0.25) is 0 Å². The number of rotatable bonds is 3. The van der Waals surface area contributed by atoms with Gasteiger partial charge in [-0.2, -0.15) is 0 Å². The van der Waals surface area contributed by atoms with Crippen molar-refractivity contribution in [1.82, 2.24) is 0 Å². The van der Waals surface area contributed by atoms with Crippen LogP contribution in [0.15, 0.2) is 30.3 Å². The first-order valence-corrected chi connectivity index (χ1v) is 7.36. The van der Waals surface area contributed by atoms with Crippen molar-refractivity contribution in [3.63, 3.8) is 0 Å². The zero-order chi connectivity index (χ0) is 13.3. The third-order valence-electron chi connectivity index (χ3n) is 3.59. The molecule has 3 heteroatoms. The first-order chi connectivity index (χ1) is 9.36. The lowest BCUT2D eigenvalue weighted by atomic mass is 9.98. The van der Waals surface area contributed by atoms with E-state index in [2.05, 4.69) is 5.48 Å². The highest BCUT2D eigenvalue weighted by atomic mass is 16.7. The zero-order valence-electron chi connectivity index (χ0n) is 11.4. The summed E-state index contributed by atoms with van der Waals surface area (Å²) in [6.45, 7) is 0. The molecule has 1 N–H and O–H groups in total. The normalized spacial score (nSPS) is 21.9. The van der Waals surface area contributed by atoms with E-state index in [1.807, 2.05) is 30.3 Å². The molecule has 0 bridgehead atoms. The number of anilines is 1. The summed E-state index contributed by atoms with van der Waals surface area (Å²) < 4.78 is 0. The van der Waals surface area contributed by atoms with Gasteiger partial charge in [-0.3, -0.25) is 15.1 Å². The number of para-hydroxylation sites is 1. The fourth-order valence-electron chi connectivity index (χ4n) is 2.43. The van der Waals surface area contributed by atoms with Gasteiger partial charge in [0.25, 0.3) is 0 Å². The number of Topliss-reactive ketones (excluding diaryl/α,β-unsaturated/α-hetero) is 1. The van der Waals surface area contributed by atoms with E-state index >= 15 is 0 Å². The van der Waals surface area contributed by atoms with Crippen LogP contribution in [0.4, 0.5) is 5.69 Å². The van der Waals surface area contributed by atoms with Gasteiger partial charge in [-0.15, -0.1) is 0 Å². The second kappa shape index (κ2) is 7.95. The Balaban J connectivity index is 1.85. The van der Waals surface area contributed by atoms with Crippen molar-refractivity contribution < 1.29 is 9.63 Å². The third-order valence-corrected chi connectivity index (χ3v) is 3.59. The first-order valence-electron chi connectivity index (χ1n) is 7.36. The highest BCUT2D eigenvalue weighted by molar-refractivity contribution is 5.83. The summed E-state index contributed by atoms with van der Waals surface area (Å²) >= 11 is 0. The predicted molar refractivity (Wildman–Crippen MR) is 76.9 cm³/mol. The molecular formula is C16H23NO2. The van der Waals surface area contributed by atoms with E-state index in [0.717, 1.165) is 24.9 Å². The van der Waals surface area contributed by atoms with Gasteiger partial charge in [-0.25, -0.2) is 0 Å². The Morgan fingerprint density at radius 2 is 1.63 bits per heavy atom. The molecule has 0 spiro atoms. The van der Waals surface area contributed by atoms with E-state index in [-0.39, 0.29) is 11.9 Å². The molecule has 19 heavy (non-hydrogen) atoms. The molecule has 1 aromatic rings. The van der Waals surface area contributed by atoms with E-state index in [1.165, 1.54) is 25.7 Å². The molecule has 0 aliphatic heterocycles. The van der Waals surface area contributed by atoms with Crippen LogP contribution in [0.2, 0.25) is 0 Å². The predicted octanol–water partition coefficient (Wildman–Crippen LogP) is 4.10. The lowest BCUT2D eigenvalue weighted by Gasteiger charge is -2.18. The maximum absolute atomic E-state index is 12.1. The standard InChI is InChI=1S/C16H23NO2/c18-15-12-8-3-1-2-4-9-13-16(15)19-17-14-10-6-5-7-11-14/h5-7,10-11,16-17H,1-4,8-9,12-13H2. The molecule has 0 aromatic heterocycles. The molecule has 0 heterocycles. The maximum Gasteiger partial charge on any atom is 0.164 e. The fourth-order valence-corrected chi connectivity index (χ4v) is 2.43. The summed E-state index contributed by atoms with van der Waals surface area (Å²) in [5.41, 5.74) is 3.80. The fraction of sp³-hybridized carbons (Fsp3) is 0.562. The molecule has 1 unspecified atom stereocenters.